The molecule has 1 saturated heterocycles. The van der Waals surface area contributed by atoms with Crippen LogP contribution in [0.5, 0.6) is 0 Å². The smallest absolute Gasteiger partial charge is 0.157 e. The van der Waals surface area contributed by atoms with Crippen molar-refractivity contribution in [3.63, 3.8) is 0 Å². The molecule has 6 nitrogen and oxygen atoms in total. The largest absolute Gasteiger partial charge is 0.379 e. The van der Waals surface area contributed by atoms with E-state index in [0.29, 0.717) is 5.56 Å². The van der Waals surface area contributed by atoms with Gasteiger partial charge in [-0.1, -0.05) is 25.5 Å². The molecule has 0 spiro atoms. The molecule has 158 valence electrons. The summed E-state index contributed by atoms with van der Waals surface area (Å²) in [5.74, 6) is 1.10. The highest BCUT2D eigenvalue weighted by Crippen LogP contribution is 2.32. The highest BCUT2D eigenvalue weighted by molar-refractivity contribution is 5.86. The number of unbranched alkanes of at least 4 members (excludes halogenated alkanes) is 1. The number of morpholine rings is 1. The third-order valence-electron chi connectivity index (χ3n) is 6.06. The number of nitrogens with one attached hydrogen (secondary N) is 1. The molecule has 0 atom stereocenters. The number of imidazole rings is 1. The van der Waals surface area contributed by atoms with Crippen molar-refractivity contribution in [3.05, 3.63) is 41.0 Å². The fourth-order valence-corrected chi connectivity index (χ4v) is 4.36. The van der Waals surface area contributed by atoms with Gasteiger partial charge in [-0.2, -0.15) is 5.26 Å². The van der Waals surface area contributed by atoms with Crippen molar-refractivity contribution >= 4 is 22.5 Å². The molecule has 1 aliphatic heterocycles. The normalized spacial score (nSPS) is 15.0. The average Bonchev–Trinajstić information content (AvgIpc) is 3.16. The minimum absolute atomic E-state index is 0.691. The number of hydrogen-bond acceptors (Lipinski definition) is 5. The van der Waals surface area contributed by atoms with E-state index in [4.69, 9.17) is 9.72 Å². The van der Waals surface area contributed by atoms with Crippen LogP contribution in [0.3, 0.4) is 0 Å². The molecule has 0 unspecified atom stereocenters. The zero-order valence-electron chi connectivity index (χ0n) is 18.1. The van der Waals surface area contributed by atoms with E-state index in [1.165, 1.54) is 5.56 Å². The number of ether oxygens (including phenoxy) is 1. The van der Waals surface area contributed by atoms with Crippen LogP contribution < -0.4 is 5.32 Å². The van der Waals surface area contributed by atoms with Crippen molar-refractivity contribution in [3.8, 4) is 6.07 Å². The molecular weight excluding hydrogens is 374 g/mol. The summed E-state index contributed by atoms with van der Waals surface area (Å²) in [7, 11) is 0. The third kappa shape index (κ3) is 4.00. The Morgan fingerprint density at radius 2 is 2.00 bits per heavy atom. The number of hydrogen-bond donors (Lipinski definition) is 1. The number of rotatable bonds is 8. The lowest BCUT2D eigenvalue weighted by atomic mass is 9.99. The fourth-order valence-electron chi connectivity index (χ4n) is 4.36. The number of anilines is 1. The summed E-state index contributed by atoms with van der Waals surface area (Å²) in [4.78, 5) is 7.28. The number of fused-ring (bicyclic) bond motifs is 3. The maximum atomic E-state index is 9.90. The van der Waals surface area contributed by atoms with E-state index in [9.17, 15) is 5.26 Å². The summed E-state index contributed by atoms with van der Waals surface area (Å²) in [5.41, 5.74) is 5.73. The first kappa shape index (κ1) is 20.6. The molecule has 1 fully saturated rings. The van der Waals surface area contributed by atoms with E-state index < -0.39 is 0 Å². The first-order valence-corrected chi connectivity index (χ1v) is 11.1. The Kier molecular flexibility index (Phi) is 6.51. The second-order valence-corrected chi connectivity index (χ2v) is 8.04. The summed E-state index contributed by atoms with van der Waals surface area (Å²) in [5, 5.41) is 13.6. The summed E-state index contributed by atoms with van der Waals surface area (Å²) < 4.78 is 7.62. The lowest BCUT2D eigenvalue weighted by molar-refractivity contribution is 0.0378. The van der Waals surface area contributed by atoms with Crippen LogP contribution >= 0.6 is 0 Å². The molecule has 1 aliphatic rings. The van der Waals surface area contributed by atoms with E-state index in [-0.39, 0.29) is 0 Å². The molecule has 3 heterocycles. The van der Waals surface area contributed by atoms with Crippen molar-refractivity contribution in [2.75, 3.05) is 44.7 Å². The van der Waals surface area contributed by atoms with E-state index in [1.54, 1.807) is 0 Å². The van der Waals surface area contributed by atoms with Gasteiger partial charge in [0.2, 0.25) is 0 Å². The molecule has 1 aromatic carbocycles. The Morgan fingerprint density at radius 1 is 1.20 bits per heavy atom. The van der Waals surface area contributed by atoms with Crippen molar-refractivity contribution in [2.24, 2.45) is 0 Å². The second kappa shape index (κ2) is 9.46. The van der Waals surface area contributed by atoms with E-state index in [0.717, 1.165) is 93.1 Å². The maximum absolute atomic E-state index is 9.90. The van der Waals surface area contributed by atoms with Crippen molar-refractivity contribution in [2.45, 2.75) is 39.5 Å². The fraction of sp³-hybridized carbons (Fsp3) is 0.500. The van der Waals surface area contributed by atoms with Gasteiger partial charge >= 0.3 is 0 Å². The zero-order chi connectivity index (χ0) is 20.9. The molecule has 0 bridgehead atoms. The lowest BCUT2D eigenvalue weighted by Crippen LogP contribution is -2.37. The van der Waals surface area contributed by atoms with Gasteiger partial charge < -0.3 is 10.1 Å². The Labute approximate surface area is 178 Å². The molecular formula is C24H31N5O. The van der Waals surface area contributed by atoms with Crippen LogP contribution in [0.25, 0.3) is 16.7 Å². The van der Waals surface area contributed by atoms with Gasteiger partial charge in [-0.25, -0.2) is 4.98 Å². The highest BCUT2D eigenvalue weighted by atomic mass is 16.5. The van der Waals surface area contributed by atoms with Crippen LogP contribution in [0.4, 0.5) is 5.82 Å². The lowest BCUT2D eigenvalue weighted by Gasteiger charge is -2.26. The topological polar surface area (TPSA) is 65.6 Å². The van der Waals surface area contributed by atoms with E-state index >= 15 is 0 Å². The summed E-state index contributed by atoms with van der Waals surface area (Å²) >= 11 is 0. The molecule has 0 aliphatic carbocycles. The zero-order valence-corrected chi connectivity index (χ0v) is 18.1. The van der Waals surface area contributed by atoms with Gasteiger partial charge in [0.1, 0.15) is 11.9 Å². The van der Waals surface area contributed by atoms with Crippen LogP contribution in [-0.4, -0.2) is 53.7 Å². The molecule has 0 saturated carbocycles. The standard InChI is InChI=1S/C24H31N5O/c1-3-4-8-19-18(2)20(17-25)24-27-21-9-5-6-10-22(21)29(24)23(19)26-11-7-12-28-13-15-30-16-14-28/h5-6,9-10,26H,3-4,7-8,11-16H2,1-2H3. The van der Waals surface area contributed by atoms with Gasteiger partial charge in [0, 0.05) is 19.6 Å². The van der Waals surface area contributed by atoms with Gasteiger partial charge in [-0.15, -0.1) is 0 Å². The van der Waals surface area contributed by atoms with Crippen LogP contribution in [0.2, 0.25) is 0 Å². The average molecular weight is 406 g/mol. The van der Waals surface area contributed by atoms with E-state index in [1.807, 2.05) is 18.2 Å². The Balaban J connectivity index is 1.70. The van der Waals surface area contributed by atoms with Gasteiger partial charge in [0.15, 0.2) is 5.65 Å². The van der Waals surface area contributed by atoms with Crippen LogP contribution in [0, 0.1) is 18.3 Å². The number of benzene rings is 1. The second-order valence-electron chi connectivity index (χ2n) is 8.04. The summed E-state index contributed by atoms with van der Waals surface area (Å²) in [6.45, 7) is 9.97. The number of nitriles is 1. The summed E-state index contributed by atoms with van der Waals surface area (Å²) in [6.07, 6.45) is 4.26. The van der Waals surface area contributed by atoms with Crippen molar-refractivity contribution in [1.82, 2.24) is 14.3 Å². The Morgan fingerprint density at radius 3 is 2.77 bits per heavy atom. The van der Waals surface area contributed by atoms with Crippen molar-refractivity contribution in [1.29, 1.82) is 5.26 Å². The summed E-state index contributed by atoms with van der Waals surface area (Å²) in [6, 6.07) is 10.6. The number of pyridine rings is 1. The van der Waals surface area contributed by atoms with Crippen LogP contribution in [0.1, 0.15) is 42.9 Å². The van der Waals surface area contributed by atoms with E-state index in [2.05, 4.69) is 40.6 Å². The van der Waals surface area contributed by atoms with Gasteiger partial charge in [-0.3, -0.25) is 9.30 Å². The molecule has 3 aromatic rings. The number of para-hydroxylation sites is 2. The van der Waals surface area contributed by atoms with Gasteiger partial charge in [-0.05, 0) is 56.0 Å². The molecule has 1 N–H and O–H groups in total. The van der Waals surface area contributed by atoms with Gasteiger partial charge in [0.25, 0.3) is 0 Å². The monoisotopic (exact) mass is 405 g/mol. The molecule has 0 radical (unpaired) electrons. The third-order valence-corrected chi connectivity index (χ3v) is 6.06. The number of nitrogens with zero attached hydrogens (tertiary/aromatic N) is 4. The van der Waals surface area contributed by atoms with Crippen molar-refractivity contribution < 1.29 is 4.74 Å². The highest BCUT2D eigenvalue weighted by Gasteiger charge is 2.20. The molecule has 0 amide bonds. The Hall–Kier alpha value is -2.62. The van der Waals surface area contributed by atoms with Crippen LogP contribution in [-0.2, 0) is 11.2 Å². The quantitative estimate of drug-likeness (QED) is 0.571. The molecule has 30 heavy (non-hydrogen) atoms. The first-order chi connectivity index (χ1) is 14.7. The minimum atomic E-state index is 0.691. The molecule has 2 aromatic heterocycles. The predicted octanol–water partition coefficient (Wildman–Crippen LogP) is 4.14. The minimum Gasteiger partial charge on any atom is -0.379 e. The van der Waals surface area contributed by atoms with Gasteiger partial charge in [0.05, 0.1) is 29.8 Å². The predicted molar refractivity (Wildman–Crippen MR) is 121 cm³/mol. The van der Waals surface area contributed by atoms with Crippen LogP contribution in [0.15, 0.2) is 24.3 Å². The molecule has 4 rings (SSSR count). The Bertz CT molecular complexity index is 1060. The SMILES string of the molecule is CCCCc1c(C)c(C#N)c2nc3ccccc3n2c1NCCCN1CCOCC1. The maximum Gasteiger partial charge on any atom is 0.157 e. The first-order valence-electron chi connectivity index (χ1n) is 11.1. The number of aromatic nitrogens is 2. The molecule has 6 heteroatoms.